The molecule has 0 atom stereocenters. The van der Waals surface area contributed by atoms with Gasteiger partial charge in [0.2, 0.25) is 0 Å². The van der Waals surface area contributed by atoms with Crippen LogP contribution in [0.4, 0.5) is 0 Å². The van der Waals surface area contributed by atoms with Gasteiger partial charge in [0, 0.05) is 16.2 Å². The highest BCUT2D eigenvalue weighted by molar-refractivity contribution is 7.17. The van der Waals surface area contributed by atoms with Crippen LogP contribution in [0.5, 0.6) is 11.5 Å². The van der Waals surface area contributed by atoms with Crippen LogP contribution >= 0.6 is 11.3 Å². The van der Waals surface area contributed by atoms with Crippen molar-refractivity contribution in [1.29, 1.82) is 0 Å². The lowest BCUT2D eigenvalue weighted by molar-refractivity contribution is -0.139. The number of methoxy groups -OCH3 is 2. The van der Waals surface area contributed by atoms with Gasteiger partial charge in [-0.3, -0.25) is 4.79 Å². The van der Waals surface area contributed by atoms with Gasteiger partial charge >= 0.3 is 5.97 Å². The van der Waals surface area contributed by atoms with Gasteiger partial charge in [-0.05, 0) is 17.0 Å². The molecule has 4 nitrogen and oxygen atoms in total. The van der Waals surface area contributed by atoms with E-state index in [9.17, 15) is 9.90 Å². The average Bonchev–Trinajstić information content (AvgIpc) is 2.70. The van der Waals surface area contributed by atoms with Crippen LogP contribution in [-0.4, -0.2) is 25.3 Å². The van der Waals surface area contributed by atoms with Crippen molar-refractivity contribution in [2.75, 3.05) is 14.2 Å². The normalized spacial score (nSPS) is 10.5. The number of carbonyl (C=O) groups excluding carboxylic acids is 1. The SMILES string of the molecule is COC(=O)Cc1csc2cc(O)c(OC)cc12. The zero-order chi connectivity index (χ0) is 12.4. The van der Waals surface area contributed by atoms with Gasteiger partial charge in [0.05, 0.1) is 20.6 Å². The third kappa shape index (κ3) is 2.19. The highest BCUT2D eigenvalue weighted by atomic mass is 32.1. The molecule has 17 heavy (non-hydrogen) atoms. The van der Waals surface area contributed by atoms with Crippen LogP contribution in [0.25, 0.3) is 10.1 Å². The molecule has 0 bridgehead atoms. The summed E-state index contributed by atoms with van der Waals surface area (Å²) in [6, 6.07) is 3.37. The Balaban J connectivity index is 2.48. The van der Waals surface area contributed by atoms with Gasteiger partial charge in [0.15, 0.2) is 11.5 Å². The topological polar surface area (TPSA) is 55.8 Å². The van der Waals surface area contributed by atoms with Crippen LogP contribution in [0.2, 0.25) is 0 Å². The third-order valence-corrected chi connectivity index (χ3v) is 3.51. The molecule has 1 aromatic carbocycles. The summed E-state index contributed by atoms with van der Waals surface area (Å²) in [6.45, 7) is 0. The van der Waals surface area contributed by atoms with Crippen LogP contribution in [-0.2, 0) is 16.0 Å². The van der Waals surface area contributed by atoms with Gasteiger partial charge in [0.1, 0.15) is 0 Å². The molecule has 90 valence electrons. The van der Waals surface area contributed by atoms with Crippen molar-refractivity contribution in [2.45, 2.75) is 6.42 Å². The number of thiophene rings is 1. The van der Waals surface area contributed by atoms with Gasteiger partial charge in [-0.1, -0.05) is 0 Å². The zero-order valence-electron chi connectivity index (χ0n) is 9.52. The summed E-state index contributed by atoms with van der Waals surface area (Å²) < 4.78 is 10.6. The Bertz CT molecular complexity index is 559. The van der Waals surface area contributed by atoms with Gasteiger partial charge < -0.3 is 14.6 Å². The first-order chi connectivity index (χ1) is 8.15. The molecule has 0 saturated carbocycles. The number of aromatic hydroxyl groups is 1. The predicted molar refractivity (Wildman–Crippen MR) is 65.8 cm³/mol. The Hall–Kier alpha value is -1.75. The molecule has 1 heterocycles. The summed E-state index contributed by atoms with van der Waals surface area (Å²) in [4.78, 5) is 11.2. The summed E-state index contributed by atoms with van der Waals surface area (Å²) >= 11 is 1.48. The second kappa shape index (κ2) is 4.63. The number of hydrogen-bond acceptors (Lipinski definition) is 5. The lowest BCUT2D eigenvalue weighted by atomic mass is 10.1. The zero-order valence-corrected chi connectivity index (χ0v) is 10.3. The molecule has 0 aliphatic heterocycles. The Labute approximate surface area is 102 Å². The summed E-state index contributed by atoms with van der Waals surface area (Å²) in [6.07, 6.45) is 0.227. The van der Waals surface area contributed by atoms with E-state index in [1.165, 1.54) is 25.6 Å². The summed E-state index contributed by atoms with van der Waals surface area (Å²) in [7, 11) is 2.86. The molecule has 0 aliphatic rings. The van der Waals surface area contributed by atoms with Crippen LogP contribution < -0.4 is 4.74 Å². The highest BCUT2D eigenvalue weighted by Crippen LogP contribution is 2.36. The van der Waals surface area contributed by atoms with E-state index in [2.05, 4.69) is 4.74 Å². The number of hydrogen-bond donors (Lipinski definition) is 1. The van der Waals surface area contributed by atoms with E-state index in [0.29, 0.717) is 5.75 Å². The maximum Gasteiger partial charge on any atom is 0.310 e. The summed E-state index contributed by atoms with van der Waals surface area (Å²) in [5.41, 5.74) is 0.884. The molecule has 2 rings (SSSR count). The molecule has 0 unspecified atom stereocenters. The van der Waals surface area contributed by atoms with E-state index in [1.807, 2.05) is 5.38 Å². The minimum Gasteiger partial charge on any atom is -0.504 e. The van der Waals surface area contributed by atoms with Crippen molar-refractivity contribution < 1.29 is 19.4 Å². The molecular formula is C12H12O4S. The first-order valence-electron chi connectivity index (χ1n) is 4.99. The van der Waals surface area contributed by atoms with Crippen LogP contribution in [0, 0.1) is 0 Å². The molecular weight excluding hydrogens is 240 g/mol. The van der Waals surface area contributed by atoms with E-state index in [1.54, 1.807) is 12.1 Å². The highest BCUT2D eigenvalue weighted by Gasteiger charge is 2.12. The van der Waals surface area contributed by atoms with E-state index in [-0.39, 0.29) is 18.1 Å². The van der Waals surface area contributed by atoms with Gasteiger partial charge in [-0.15, -0.1) is 11.3 Å². The van der Waals surface area contributed by atoms with Crippen molar-refractivity contribution in [1.82, 2.24) is 0 Å². The lowest BCUT2D eigenvalue weighted by Crippen LogP contribution is -2.03. The number of esters is 1. The number of rotatable bonds is 3. The van der Waals surface area contributed by atoms with Crippen LogP contribution in [0.1, 0.15) is 5.56 Å². The molecule has 0 spiro atoms. The third-order valence-electron chi connectivity index (χ3n) is 2.52. The van der Waals surface area contributed by atoms with Crippen molar-refractivity contribution in [3.63, 3.8) is 0 Å². The summed E-state index contributed by atoms with van der Waals surface area (Å²) in [5.74, 6) is 0.227. The standard InChI is InChI=1S/C12H12O4S/c1-15-10-4-8-7(3-12(14)16-2)6-17-11(8)5-9(10)13/h4-6,13H,3H2,1-2H3. The average molecular weight is 252 g/mol. The monoisotopic (exact) mass is 252 g/mol. The van der Waals surface area contributed by atoms with Gasteiger partial charge in [-0.2, -0.15) is 0 Å². The minimum atomic E-state index is -0.281. The number of fused-ring (bicyclic) bond motifs is 1. The Kier molecular flexibility index (Phi) is 3.19. The number of benzene rings is 1. The van der Waals surface area contributed by atoms with Gasteiger partial charge in [0.25, 0.3) is 0 Å². The first kappa shape index (κ1) is 11.7. The molecule has 0 amide bonds. The largest absolute Gasteiger partial charge is 0.504 e. The molecule has 5 heteroatoms. The molecule has 0 saturated heterocycles. The Morgan fingerprint density at radius 3 is 2.82 bits per heavy atom. The smallest absolute Gasteiger partial charge is 0.310 e. The Morgan fingerprint density at radius 1 is 1.41 bits per heavy atom. The van der Waals surface area contributed by atoms with E-state index in [4.69, 9.17) is 4.74 Å². The van der Waals surface area contributed by atoms with Gasteiger partial charge in [-0.25, -0.2) is 0 Å². The maximum absolute atomic E-state index is 11.2. The Morgan fingerprint density at radius 2 is 2.18 bits per heavy atom. The number of ether oxygens (including phenoxy) is 2. The molecule has 0 fully saturated rings. The molecule has 1 N–H and O–H groups in total. The predicted octanol–water partition coefficient (Wildman–Crippen LogP) is 2.33. The number of carbonyl (C=O) groups is 1. The molecule has 1 aromatic heterocycles. The summed E-state index contributed by atoms with van der Waals surface area (Å²) in [5, 5.41) is 12.4. The maximum atomic E-state index is 11.2. The quantitative estimate of drug-likeness (QED) is 0.852. The van der Waals surface area contributed by atoms with Crippen molar-refractivity contribution in [3.05, 3.63) is 23.1 Å². The fraction of sp³-hybridized carbons (Fsp3) is 0.250. The second-order valence-electron chi connectivity index (χ2n) is 3.53. The van der Waals surface area contributed by atoms with E-state index < -0.39 is 0 Å². The lowest BCUT2D eigenvalue weighted by Gasteiger charge is -2.04. The van der Waals surface area contributed by atoms with Crippen molar-refractivity contribution in [2.24, 2.45) is 0 Å². The first-order valence-corrected chi connectivity index (χ1v) is 5.87. The van der Waals surface area contributed by atoms with Crippen LogP contribution in [0.3, 0.4) is 0 Å². The van der Waals surface area contributed by atoms with Crippen molar-refractivity contribution >= 4 is 27.4 Å². The second-order valence-corrected chi connectivity index (χ2v) is 4.45. The van der Waals surface area contributed by atoms with E-state index >= 15 is 0 Å². The fourth-order valence-corrected chi connectivity index (χ4v) is 2.60. The number of phenolic OH excluding ortho intramolecular Hbond substituents is 1. The number of phenols is 1. The molecule has 0 radical (unpaired) electrons. The molecule has 2 aromatic rings. The minimum absolute atomic E-state index is 0.103. The van der Waals surface area contributed by atoms with E-state index in [0.717, 1.165) is 15.6 Å². The van der Waals surface area contributed by atoms with Crippen LogP contribution in [0.15, 0.2) is 17.5 Å². The van der Waals surface area contributed by atoms with Crippen molar-refractivity contribution in [3.8, 4) is 11.5 Å². The fourth-order valence-electron chi connectivity index (χ4n) is 1.62. The molecule has 0 aliphatic carbocycles.